The van der Waals surface area contributed by atoms with Crippen LogP contribution in [0, 0.1) is 6.92 Å². The van der Waals surface area contributed by atoms with Crippen LogP contribution in [0.25, 0.3) is 0 Å². The van der Waals surface area contributed by atoms with Gasteiger partial charge in [-0.05, 0) is 32.4 Å². The van der Waals surface area contributed by atoms with Crippen molar-refractivity contribution in [2.45, 2.75) is 27.2 Å². The molecule has 0 spiro atoms. The average molecular weight is 166 g/mol. The Balaban J connectivity index is 0.00000144. The summed E-state index contributed by atoms with van der Waals surface area (Å²) in [5.41, 5.74) is 3.40. The van der Waals surface area contributed by atoms with Crippen molar-refractivity contribution in [3.05, 3.63) is 23.5 Å². The molecular formula is C10H18N2. The van der Waals surface area contributed by atoms with Gasteiger partial charge in [-0.1, -0.05) is 6.92 Å². The molecule has 0 fully saturated rings. The van der Waals surface area contributed by atoms with Crippen molar-refractivity contribution >= 4 is 5.69 Å². The maximum atomic E-state index is 4.45. The van der Waals surface area contributed by atoms with Gasteiger partial charge in [-0.25, -0.2) is 0 Å². The molecule has 2 heteroatoms. The molecule has 0 saturated heterocycles. The third-order valence-corrected chi connectivity index (χ3v) is 1.87. The molecule has 0 radical (unpaired) electrons. The van der Waals surface area contributed by atoms with Gasteiger partial charge >= 0.3 is 0 Å². The average Bonchev–Trinajstić information content (AvgIpc) is 2.09. The second kappa shape index (κ2) is 4.10. The highest BCUT2D eigenvalue weighted by molar-refractivity contribution is 5.47. The van der Waals surface area contributed by atoms with Crippen LogP contribution in [0.5, 0.6) is 0 Å². The Hall–Kier alpha value is -1.05. The van der Waals surface area contributed by atoms with Crippen molar-refractivity contribution in [1.82, 2.24) is 4.98 Å². The fraction of sp³-hybridized carbons (Fsp3) is 0.500. The highest BCUT2D eigenvalue weighted by Gasteiger charge is 1.98. The van der Waals surface area contributed by atoms with Crippen LogP contribution >= 0.6 is 0 Å². The molecule has 0 aliphatic rings. The van der Waals surface area contributed by atoms with Crippen molar-refractivity contribution in [2.24, 2.45) is 0 Å². The smallest absolute Gasteiger partial charge is 0.0607 e. The first kappa shape index (κ1) is 9.04. The molecule has 1 aromatic rings. The maximum absolute atomic E-state index is 4.45. The summed E-state index contributed by atoms with van der Waals surface area (Å²) in [6, 6.07) is 4.18. The summed E-state index contributed by atoms with van der Waals surface area (Å²) in [6.07, 6.45) is 1.01. The van der Waals surface area contributed by atoms with Crippen LogP contribution in [-0.2, 0) is 6.42 Å². The Morgan fingerprint density at radius 1 is 1.42 bits per heavy atom. The van der Waals surface area contributed by atoms with E-state index in [-0.39, 0.29) is 1.43 Å². The molecule has 1 heterocycles. The van der Waals surface area contributed by atoms with Crippen LogP contribution in [0.2, 0.25) is 0 Å². The molecule has 0 aliphatic heterocycles. The van der Waals surface area contributed by atoms with E-state index in [1.165, 1.54) is 0 Å². The lowest BCUT2D eigenvalue weighted by atomic mass is 10.2. The van der Waals surface area contributed by atoms with Crippen molar-refractivity contribution in [3.63, 3.8) is 0 Å². The van der Waals surface area contributed by atoms with Gasteiger partial charge in [-0.15, -0.1) is 0 Å². The molecule has 0 amide bonds. The zero-order chi connectivity index (χ0) is 8.97. The normalized spacial score (nSPS) is 9.92. The SMILES string of the molecule is CCNc1ccc(CC)nc1C.[HH]. The number of pyridine rings is 1. The lowest BCUT2D eigenvalue weighted by Gasteiger charge is -2.07. The molecule has 0 aromatic carbocycles. The van der Waals surface area contributed by atoms with Crippen molar-refractivity contribution < 1.29 is 1.43 Å². The number of hydrogen-bond donors (Lipinski definition) is 1. The molecule has 1 aromatic heterocycles. The van der Waals surface area contributed by atoms with E-state index < -0.39 is 0 Å². The largest absolute Gasteiger partial charge is 0.384 e. The topological polar surface area (TPSA) is 24.9 Å². The standard InChI is InChI=1S/C10H16N2.H2/c1-4-9-6-7-10(11-5-2)8(3)12-9;/h6-7,11H,4-5H2,1-3H3;1H. The zero-order valence-corrected chi connectivity index (χ0v) is 8.02. The Morgan fingerprint density at radius 3 is 2.67 bits per heavy atom. The fourth-order valence-corrected chi connectivity index (χ4v) is 1.19. The summed E-state index contributed by atoms with van der Waals surface area (Å²) in [7, 11) is 0. The van der Waals surface area contributed by atoms with Crippen LogP contribution in [0.15, 0.2) is 12.1 Å². The summed E-state index contributed by atoms with van der Waals surface area (Å²) in [5.74, 6) is 0. The minimum atomic E-state index is 0. The van der Waals surface area contributed by atoms with Crippen LogP contribution in [0.1, 0.15) is 26.7 Å². The van der Waals surface area contributed by atoms with E-state index >= 15 is 0 Å². The molecule has 0 aliphatic carbocycles. The first-order valence-corrected chi connectivity index (χ1v) is 4.48. The predicted molar refractivity (Wildman–Crippen MR) is 54.6 cm³/mol. The predicted octanol–water partition coefficient (Wildman–Crippen LogP) is 2.63. The van der Waals surface area contributed by atoms with Gasteiger partial charge in [-0.2, -0.15) is 0 Å². The fourth-order valence-electron chi connectivity index (χ4n) is 1.19. The lowest BCUT2D eigenvalue weighted by molar-refractivity contribution is 1.00. The van der Waals surface area contributed by atoms with Crippen molar-refractivity contribution in [1.29, 1.82) is 0 Å². The van der Waals surface area contributed by atoms with Gasteiger partial charge in [-0.3, -0.25) is 4.98 Å². The third kappa shape index (κ3) is 1.97. The van der Waals surface area contributed by atoms with Crippen LogP contribution in [-0.4, -0.2) is 11.5 Å². The van der Waals surface area contributed by atoms with E-state index in [0.29, 0.717) is 0 Å². The molecule has 0 unspecified atom stereocenters. The van der Waals surface area contributed by atoms with Gasteiger partial charge in [0.05, 0.1) is 11.4 Å². The molecule has 0 bridgehead atoms. The Kier molecular flexibility index (Phi) is 3.09. The minimum Gasteiger partial charge on any atom is -0.384 e. The van der Waals surface area contributed by atoms with Gasteiger partial charge in [0.2, 0.25) is 0 Å². The van der Waals surface area contributed by atoms with Crippen LogP contribution in [0.3, 0.4) is 0 Å². The number of nitrogens with zero attached hydrogens (tertiary/aromatic N) is 1. The number of nitrogens with one attached hydrogen (secondary N) is 1. The van der Waals surface area contributed by atoms with Crippen LogP contribution < -0.4 is 5.32 Å². The number of anilines is 1. The molecule has 1 N–H and O–H groups in total. The monoisotopic (exact) mass is 166 g/mol. The minimum absolute atomic E-state index is 0. The number of aromatic nitrogens is 1. The molecular weight excluding hydrogens is 148 g/mol. The highest BCUT2D eigenvalue weighted by atomic mass is 14.9. The van der Waals surface area contributed by atoms with E-state index in [2.05, 4.69) is 36.3 Å². The maximum Gasteiger partial charge on any atom is 0.0607 e. The summed E-state index contributed by atoms with van der Waals surface area (Å²) in [6.45, 7) is 7.20. The summed E-state index contributed by atoms with van der Waals surface area (Å²) >= 11 is 0. The highest BCUT2D eigenvalue weighted by Crippen LogP contribution is 2.12. The summed E-state index contributed by atoms with van der Waals surface area (Å²) < 4.78 is 0. The van der Waals surface area contributed by atoms with E-state index in [1.807, 2.05) is 6.92 Å². The zero-order valence-electron chi connectivity index (χ0n) is 8.02. The Morgan fingerprint density at radius 2 is 2.17 bits per heavy atom. The van der Waals surface area contributed by atoms with E-state index in [4.69, 9.17) is 0 Å². The van der Waals surface area contributed by atoms with Gasteiger partial charge < -0.3 is 5.32 Å². The first-order valence-electron chi connectivity index (χ1n) is 4.48. The van der Waals surface area contributed by atoms with Crippen molar-refractivity contribution in [3.8, 4) is 0 Å². The van der Waals surface area contributed by atoms with E-state index in [1.54, 1.807) is 0 Å². The molecule has 0 saturated carbocycles. The second-order valence-corrected chi connectivity index (χ2v) is 2.82. The Labute approximate surface area is 75.5 Å². The van der Waals surface area contributed by atoms with Gasteiger partial charge in [0.1, 0.15) is 0 Å². The molecule has 68 valence electrons. The quantitative estimate of drug-likeness (QED) is 0.746. The van der Waals surface area contributed by atoms with E-state index in [0.717, 1.165) is 30.0 Å². The second-order valence-electron chi connectivity index (χ2n) is 2.82. The summed E-state index contributed by atoms with van der Waals surface area (Å²) in [5, 5.41) is 3.26. The first-order chi connectivity index (χ1) is 5.77. The number of hydrogen-bond acceptors (Lipinski definition) is 2. The molecule has 2 nitrogen and oxygen atoms in total. The third-order valence-electron chi connectivity index (χ3n) is 1.87. The molecule has 12 heavy (non-hydrogen) atoms. The number of aryl methyl sites for hydroxylation is 2. The van der Waals surface area contributed by atoms with Gasteiger partial charge in [0, 0.05) is 13.7 Å². The summed E-state index contributed by atoms with van der Waals surface area (Å²) in [4.78, 5) is 4.45. The molecule has 1 rings (SSSR count). The van der Waals surface area contributed by atoms with Crippen molar-refractivity contribution in [2.75, 3.05) is 11.9 Å². The molecule has 0 atom stereocenters. The number of rotatable bonds is 3. The van der Waals surface area contributed by atoms with Crippen LogP contribution in [0.4, 0.5) is 5.69 Å². The van der Waals surface area contributed by atoms with Gasteiger partial charge in [0.15, 0.2) is 0 Å². The Bertz CT molecular complexity index is 261. The van der Waals surface area contributed by atoms with E-state index in [9.17, 15) is 0 Å². The van der Waals surface area contributed by atoms with Gasteiger partial charge in [0.25, 0.3) is 0 Å². The lowest BCUT2D eigenvalue weighted by Crippen LogP contribution is -2.01.